The lowest BCUT2D eigenvalue weighted by atomic mass is 10.2. The first-order valence-corrected chi connectivity index (χ1v) is 6.35. The summed E-state index contributed by atoms with van der Waals surface area (Å²) in [6.07, 6.45) is 5.33. The van der Waals surface area contributed by atoms with Crippen LogP contribution < -0.4 is 5.32 Å². The second kappa shape index (κ2) is 4.41. The number of benzene rings is 1. The molecular weight excluding hydrogens is 212 g/mol. The van der Waals surface area contributed by atoms with E-state index in [1.54, 1.807) is 12.1 Å². The molecular formula is C14H18N2O. The summed E-state index contributed by atoms with van der Waals surface area (Å²) in [7, 11) is 0. The molecule has 0 unspecified atom stereocenters. The van der Waals surface area contributed by atoms with Gasteiger partial charge in [-0.25, -0.2) is 0 Å². The van der Waals surface area contributed by atoms with Crippen LogP contribution in [-0.2, 0) is 6.54 Å². The number of aromatic amines is 1. The molecule has 17 heavy (non-hydrogen) atoms. The van der Waals surface area contributed by atoms with Crippen molar-refractivity contribution < 1.29 is 5.11 Å². The normalized spacial score (nSPS) is 16.9. The first-order valence-electron chi connectivity index (χ1n) is 6.35. The van der Waals surface area contributed by atoms with Gasteiger partial charge in [0.2, 0.25) is 0 Å². The third kappa shape index (κ3) is 2.29. The number of nitrogens with one attached hydrogen (secondary N) is 2. The smallest absolute Gasteiger partial charge is 0.117 e. The van der Waals surface area contributed by atoms with E-state index >= 15 is 0 Å². The van der Waals surface area contributed by atoms with Gasteiger partial charge in [-0.15, -0.1) is 0 Å². The fraction of sp³-hybridized carbons (Fsp3) is 0.429. The number of hydrogen-bond acceptors (Lipinski definition) is 2. The Morgan fingerprint density at radius 3 is 2.88 bits per heavy atom. The van der Waals surface area contributed by atoms with E-state index < -0.39 is 0 Å². The lowest BCUT2D eigenvalue weighted by Gasteiger charge is -2.10. The van der Waals surface area contributed by atoms with Gasteiger partial charge in [-0.2, -0.15) is 0 Å². The summed E-state index contributed by atoms with van der Waals surface area (Å²) in [5, 5.41) is 14.1. The Hall–Kier alpha value is -1.48. The predicted octanol–water partition coefficient (Wildman–Crippen LogP) is 2.91. The van der Waals surface area contributed by atoms with E-state index in [0.29, 0.717) is 11.8 Å². The minimum atomic E-state index is 0.314. The summed E-state index contributed by atoms with van der Waals surface area (Å²) in [5.74, 6) is 0.314. The van der Waals surface area contributed by atoms with Crippen molar-refractivity contribution >= 4 is 10.9 Å². The fourth-order valence-electron chi connectivity index (χ4n) is 2.65. The van der Waals surface area contributed by atoms with E-state index in [-0.39, 0.29) is 0 Å². The maximum atomic E-state index is 9.41. The number of phenols is 1. The van der Waals surface area contributed by atoms with E-state index in [0.717, 1.165) is 17.4 Å². The molecule has 3 heteroatoms. The Balaban J connectivity index is 1.72. The Morgan fingerprint density at radius 2 is 2.06 bits per heavy atom. The molecule has 1 saturated carbocycles. The summed E-state index contributed by atoms with van der Waals surface area (Å²) in [6.45, 7) is 0.889. The minimum Gasteiger partial charge on any atom is -0.508 e. The van der Waals surface area contributed by atoms with Gasteiger partial charge in [0, 0.05) is 29.9 Å². The number of hydrogen-bond donors (Lipinski definition) is 3. The molecule has 1 aromatic heterocycles. The average Bonchev–Trinajstić information content (AvgIpc) is 2.94. The topological polar surface area (TPSA) is 48.0 Å². The molecule has 90 valence electrons. The fourth-order valence-corrected chi connectivity index (χ4v) is 2.65. The zero-order valence-electron chi connectivity index (χ0n) is 9.87. The van der Waals surface area contributed by atoms with Gasteiger partial charge < -0.3 is 15.4 Å². The van der Waals surface area contributed by atoms with Crippen LogP contribution in [0.4, 0.5) is 0 Å². The summed E-state index contributed by atoms with van der Waals surface area (Å²) in [5.41, 5.74) is 2.20. The molecule has 2 aromatic rings. The van der Waals surface area contributed by atoms with Crippen molar-refractivity contribution in [2.45, 2.75) is 38.3 Å². The second-order valence-corrected chi connectivity index (χ2v) is 4.93. The van der Waals surface area contributed by atoms with Gasteiger partial charge in [-0.1, -0.05) is 12.8 Å². The van der Waals surface area contributed by atoms with Crippen LogP contribution in [0.15, 0.2) is 24.3 Å². The first-order chi connectivity index (χ1) is 8.31. The lowest BCUT2D eigenvalue weighted by molar-refractivity contribution is 0.476. The third-order valence-corrected chi connectivity index (χ3v) is 3.60. The van der Waals surface area contributed by atoms with Crippen molar-refractivity contribution in [2.75, 3.05) is 0 Å². The zero-order valence-corrected chi connectivity index (χ0v) is 9.87. The van der Waals surface area contributed by atoms with E-state index in [4.69, 9.17) is 0 Å². The Labute approximate surface area is 101 Å². The van der Waals surface area contributed by atoms with Gasteiger partial charge in [-0.3, -0.25) is 0 Å². The van der Waals surface area contributed by atoms with Crippen LogP contribution in [0.25, 0.3) is 10.9 Å². The van der Waals surface area contributed by atoms with Crippen molar-refractivity contribution in [1.82, 2.24) is 10.3 Å². The molecule has 1 aliphatic rings. The van der Waals surface area contributed by atoms with Crippen molar-refractivity contribution in [3.63, 3.8) is 0 Å². The number of fused-ring (bicyclic) bond motifs is 1. The van der Waals surface area contributed by atoms with Gasteiger partial charge in [0.15, 0.2) is 0 Å². The molecule has 1 fully saturated rings. The van der Waals surface area contributed by atoms with Crippen LogP contribution in [0, 0.1) is 0 Å². The predicted molar refractivity (Wildman–Crippen MR) is 69.1 cm³/mol. The maximum absolute atomic E-state index is 9.41. The molecule has 0 bridgehead atoms. The van der Waals surface area contributed by atoms with E-state index in [9.17, 15) is 5.11 Å². The molecule has 3 nitrogen and oxygen atoms in total. The van der Waals surface area contributed by atoms with E-state index in [2.05, 4.69) is 16.4 Å². The molecule has 0 amide bonds. The Kier molecular flexibility index (Phi) is 2.77. The van der Waals surface area contributed by atoms with E-state index in [1.165, 1.54) is 31.4 Å². The minimum absolute atomic E-state index is 0.314. The number of aromatic hydroxyl groups is 1. The summed E-state index contributed by atoms with van der Waals surface area (Å²) < 4.78 is 0. The van der Waals surface area contributed by atoms with Gasteiger partial charge >= 0.3 is 0 Å². The maximum Gasteiger partial charge on any atom is 0.117 e. The van der Waals surface area contributed by atoms with Crippen molar-refractivity contribution in [2.24, 2.45) is 0 Å². The summed E-state index contributed by atoms with van der Waals surface area (Å²) >= 11 is 0. The quantitative estimate of drug-likeness (QED) is 0.759. The van der Waals surface area contributed by atoms with Gasteiger partial charge in [0.05, 0.1) is 0 Å². The Bertz CT molecular complexity index is 512. The highest BCUT2D eigenvalue weighted by Gasteiger charge is 2.14. The highest BCUT2D eigenvalue weighted by atomic mass is 16.3. The first kappa shape index (κ1) is 10.7. The van der Waals surface area contributed by atoms with Crippen LogP contribution in [0.5, 0.6) is 5.75 Å². The van der Waals surface area contributed by atoms with Crippen LogP contribution in [-0.4, -0.2) is 16.1 Å². The number of H-pyrrole nitrogens is 1. The van der Waals surface area contributed by atoms with Crippen molar-refractivity contribution in [1.29, 1.82) is 0 Å². The van der Waals surface area contributed by atoms with Crippen molar-refractivity contribution in [3.05, 3.63) is 30.0 Å². The molecule has 3 rings (SSSR count). The zero-order chi connectivity index (χ0) is 11.7. The molecule has 1 aliphatic carbocycles. The highest BCUT2D eigenvalue weighted by Crippen LogP contribution is 2.21. The lowest BCUT2D eigenvalue weighted by Crippen LogP contribution is -2.25. The molecule has 1 heterocycles. The monoisotopic (exact) mass is 230 g/mol. The molecule has 1 aromatic carbocycles. The number of phenolic OH excluding ortho intramolecular Hbond substituents is 1. The Morgan fingerprint density at radius 1 is 1.24 bits per heavy atom. The molecule has 0 saturated heterocycles. The van der Waals surface area contributed by atoms with Gasteiger partial charge in [0.1, 0.15) is 5.75 Å². The van der Waals surface area contributed by atoms with Gasteiger partial charge in [0.25, 0.3) is 0 Å². The number of aromatic nitrogens is 1. The summed E-state index contributed by atoms with van der Waals surface area (Å²) in [4.78, 5) is 3.34. The van der Waals surface area contributed by atoms with Crippen LogP contribution in [0.3, 0.4) is 0 Å². The third-order valence-electron chi connectivity index (χ3n) is 3.60. The molecule has 0 radical (unpaired) electrons. The van der Waals surface area contributed by atoms with E-state index in [1.807, 2.05) is 6.07 Å². The SMILES string of the molecule is Oc1ccc2cc(CNC3CCCC3)[nH]c2c1. The molecule has 0 aliphatic heterocycles. The van der Waals surface area contributed by atoms with Crippen LogP contribution in [0.1, 0.15) is 31.4 Å². The van der Waals surface area contributed by atoms with Gasteiger partial charge in [-0.05, 0) is 36.4 Å². The molecule has 3 N–H and O–H groups in total. The standard InChI is InChI=1S/C14H18N2O/c17-13-6-5-10-7-12(16-14(10)8-13)9-15-11-3-1-2-4-11/h5-8,11,15-17H,1-4,9H2. The largest absolute Gasteiger partial charge is 0.508 e. The molecule has 0 atom stereocenters. The second-order valence-electron chi connectivity index (χ2n) is 4.93. The van der Waals surface area contributed by atoms with Crippen LogP contribution in [0.2, 0.25) is 0 Å². The number of rotatable bonds is 3. The highest BCUT2D eigenvalue weighted by molar-refractivity contribution is 5.81. The molecule has 0 spiro atoms. The van der Waals surface area contributed by atoms with Crippen molar-refractivity contribution in [3.8, 4) is 5.75 Å². The van der Waals surface area contributed by atoms with Crippen LogP contribution >= 0.6 is 0 Å². The average molecular weight is 230 g/mol. The summed E-state index contributed by atoms with van der Waals surface area (Å²) in [6, 6.07) is 8.28.